The first-order valence-corrected chi connectivity index (χ1v) is 9.56. The SMILES string of the molecule is Cc1ccc(C)c(C(=O)[C@H](C)Sc2nnc(-c3ccccc3Cl)n2C)c1. The van der Waals surface area contributed by atoms with Crippen molar-refractivity contribution in [2.75, 3.05) is 0 Å². The number of carbonyl (C=O) groups is 1. The Hall–Kier alpha value is -2.11. The number of halogens is 1. The van der Waals surface area contributed by atoms with E-state index >= 15 is 0 Å². The molecule has 1 atom stereocenters. The smallest absolute Gasteiger partial charge is 0.191 e. The monoisotopic (exact) mass is 385 g/mol. The van der Waals surface area contributed by atoms with Gasteiger partial charge in [0.1, 0.15) is 0 Å². The van der Waals surface area contributed by atoms with Crippen LogP contribution in [-0.4, -0.2) is 25.8 Å². The molecular weight excluding hydrogens is 366 g/mol. The number of carbonyl (C=O) groups excluding carboxylic acids is 1. The van der Waals surface area contributed by atoms with E-state index in [1.54, 1.807) is 0 Å². The van der Waals surface area contributed by atoms with Gasteiger partial charge in [0.15, 0.2) is 16.8 Å². The summed E-state index contributed by atoms with van der Waals surface area (Å²) in [7, 11) is 1.89. The standard InChI is InChI=1S/C20H20ClN3OS/c1-12-9-10-13(2)16(11-12)18(25)14(3)26-20-23-22-19(24(20)4)15-7-5-6-8-17(15)21/h5-11,14H,1-4H3/t14-/m0/s1. The largest absolute Gasteiger partial charge is 0.305 e. The molecule has 0 unspecified atom stereocenters. The van der Waals surface area contributed by atoms with Crippen LogP contribution in [0.1, 0.15) is 28.4 Å². The molecule has 2 aromatic carbocycles. The number of ketones is 1. The van der Waals surface area contributed by atoms with Gasteiger partial charge in [0.25, 0.3) is 0 Å². The summed E-state index contributed by atoms with van der Waals surface area (Å²) in [5.41, 5.74) is 3.65. The van der Waals surface area contributed by atoms with Crippen molar-refractivity contribution < 1.29 is 4.79 Å². The summed E-state index contributed by atoms with van der Waals surface area (Å²) in [6.07, 6.45) is 0. The molecular formula is C20H20ClN3OS. The predicted octanol–water partition coefficient (Wildman–Crippen LogP) is 5.12. The highest BCUT2D eigenvalue weighted by Gasteiger charge is 2.22. The molecule has 0 aliphatic carbocycles. The van der Waals surface area contributed by atoms with Crippen molar-refractivity contribution in [2.45, 2.75) is 31.2 Å². The molecule has 0 aliphatic heterocycles. The number of rotatable bonds is 5. The normalized spacial score (nSPS) is 12.2. The Morgan fingerprint density at radius 2 is 1.88 bits per heavy atom. The summed E-state index contributed by atoms with van der Waals surface area (Å²) in [6, 6.07) is 13.5. The Balaban J connectivity index is 1.84. The summed E-state index contributed by atoms with van der Waals surface area (Å²) in [5, 5.41) is 9.56. The van der Waals surface area contributed by atoms with Gasteiger partial charge in [0.05, 0.1) is 10.3 Å². The quantitative estimate of drug-likeness (QED) is 0.452. The Kier molecular flexibility index (Phi) is 5.49. The van der Waals surface area contributed by atoms with Crippen LogP contribution in [-0.2, 0) is 7.05 Å². The molecule has 26 heavy (non-hydrogen) atoms. The van der Waals surface area contributed by atoms with E-state index in [4.69, 9.17) is 11.6 Å². The average molecular weight is 386 g/mol. The van der Waals surface area contributed by atoms with Crippen LogP contribution in [0.2, 0.25) is 5.02 Å². The molecule has 0 spiro atoms. The van der Waals surface area contributed by atoms with Crippen LogP contribution >= 0.6 is 23.4 Å². The van der Waals surface area contributed by atoms with Crippen molar-refractivity contribution in [1.29, 1.82) is 0 Å². The highest BCUT2D eigenvalue weighted by Crippen LogP contribution is 2.30. The molecule has 3 aromatic rings. The molecule has 134 valence electrons. The Bertz CT molecular complexity index is 967. The molecule has 0 aliphatic rings. The second-order valence-electron chi connectivity index (χ2n) is 6.29. The Labute approximate surface area is 162 Å². The molecule has 4 nitrogen and oxygen atoms in total. The van der Waals surface area contributed by atoms with Gasteiger partial charge in [0.2, 0.25) is 0 Å². The van der Waals surface area contributed by atoms with Gasteiger partial charge in [-0.25, -0.2) is 0 Å². The number of hydrogen-bond acceptors (Lipinski definition) is 4. The highest BCUT2D eigenvalue weighted by molar-refractivity contribution is 8.00. The number of aromatic nitrogens is 3. The summed E-state index contributed by atoms with van der Waals surface area (Å²) in [4.78, 5) is 12.9. The molecule has 0 saturated heterocycles. The second kappa shape index (κ2) is 7.64. The molecule has 0 saturated carbocycles. The van der Waals surface area contributed by atoms with E-state index in [-0.39, 0.29) is 11.0 Å². The molecule has 1 aromatic heterocycles. The fourth-order valence-electron chi connectivity index (χ4n) is 2.73. The van der Waals surface area contributed by atoms with E-state index in [0.29, 0.717) is 16.0 Å². The molecule has 0 N–H and O–H groups in total. The molecule has 6 heteroatoms. The predicted molar refractivity (Wildman–Crippen MR) is 107 cm³/mol. The molecule has 0 amide bonds. The van der Waals surface area contributed by atoms with E-state index < -0.39 is 0 Å². The van der Waals surface area contributed by atoms with Crippen LogP contribution in [0.5, 0.6) is 0 Å². The van der Waals surface area contributed by atoms with Crippen molar-refractivity contribution in [2.24, 2.45) is 7.05 Å². The summed E-state index contributed by atoms with van der Waals surface area (Å²) >= 11 is 7.67. The van der Waals surface area contributed by atoms with E-state index in [1.165, 1.54) is 11.8 Å². The van der Waals surface area contributed by atoms with Gasteiger partial charge in [-0.15, -0.1) is 10.2 Å². The van der Waals surface area contributed by atoms with E-state index in [1.807, 2.05) is 74.9 Å². The lowest BCUT2D eigenvalue weighted by Gasteiger charge is -2.12. The maximum atomic E-state index is 12.9. The van der Waals surface area contributed by atoms with E-state index in [0.717, 1.165) is 22.3 Å². The summed E-state index contributed by atoms with van der Waals surface area (Å²) in [5.74, 6) is 0.781. The molecule has 0 radical (unpaired) electrons. The number of benzene rings is 2. The zero-order chi connectivity index (χ0) is 18.8. The molecule has 0 fully saturated rings. The second-order valence-corrected chi connectivity index (χ2v) is 8.00. The average Bonchev–Trinajstić information content (AvgIpc) is 2.97. The van der Waals surface area contributed by atoms with Gasteiger partial charge in [0, 0.05) is 18.2 Å². The fraction of sp³-hybridized carbons (Fsp3) is 0.250. The molecule has 3 rings (SSSR count). The number of Topliss-reactive ketones (excluding diaryl/α,β-unsaturated/α-hetero) is 1. The lowest BCUT2D eigenvalue weighted by atomic mass is 10.0. The van der Waals surface area contributed by atoms with Crippen LogP contribution in [0.4, 0.5) is 0 Å². The molecule has 1 heterocycles. The summed E-state index contributed by atoms with van der Waals surface area (Å²) in [6.45, 7) is 5.85. The maximum Gasteiger partial charge on any atom is 0.191 e. The van der Waals surface area contributed by atoms with Crippen LogP contribution in [0.3, 0.4) is 0 Å². The van der Waals surface area contributed by atoms with E-state index in [9.17, 15) is 4.79 Å². The summed E-state index contributed by atoms with van der Waals surface area (Å²) < 4.78 is 1.87. The minimum absolute atomic E-state index is 0.0958. The third kappa shape index (κ3) is 3.69. The van der Waals surface area contributed by atoms with E-state index in [2.05, 4.69) is 10.2 Å². The van der Waals surface area contributed by atoms with Crippen LogP contribution in [0.25, 0.3) is 11.4 Å². The first kappa shape index (κ1) is 18.7. The van der Waals surface area contributed by atoms with Gasteiger partial charge in [-0.1, -0.05) is 53.2 Å². The highest BCUT2D eigenvalue weighted by atomic mass is 35.5. The minimum Gasteiger partial charge on any atom is -0.305 e. The van der Waals surface area contributed by atoms with Gasteiger partial charge < -0.3 is 4.57 Å². The van der Waals surface area contributed by atoms with Crippen molar-refractivity contribution in [3.05, 3.63) is 64.2 Å². The topological polar surface area (TPSA) is 47.8 Å². The Morgan fingerprint density at radius 3 is 2.62 bits per heavy atom. The number of aryl methyl sites for hydroxylation is 2. The zero-order valence-electron chi connectivity index (χ0n) is 15.2. The number of hydrogen-bond donors (Lipinski definition) is 0. The third-order valence-electron chi connectivity index (χ3n) is 4.26. The lowest BCUT2D eigenvalue weighted by molar-refractivity contribution is 0.0993. The molecule has 0 bridgehead atoms. The number of nitrogens with zero attached hydrogens (tertiary/aromatic N) is 3. The van der Waals surface area contributed by atoms with Crippen LogP contribution in [0.15, 0.2) is 47.6 Å². The van der Waals surface area contributed by atoms with Crippen molar-refractivity contribution in [3.63, 3.8) is 0 Å². The van der Waals surface area contributed by atoms with Gasteiger partial charge in [-0.05, 0) is 44.5 Å². The maximum absolute atomic E-state index is 12.9. The number of thioether (sulfide) groups is 1. The Morgan fingerprint density at radius 1 is 1.15 bits per heavy atom. The first-order chi connectivity index (χ1) is 12.4. The first-order valence-electron chi connectivity index (χ1n) is 8.31. The van der Waals surface area contributed by atoms with Gasteiger partial charge in [-0.2, -0.15) is 0 Å². The van der Waals surface area contributed by atoms with Crippen molar-refractivity contribution in [3.8, 4) is 11.4 Å². The van der Waals surface area contributed by atoms with Gasteiger partial charge in [-0.3, -0.25) is 4.79 Å². The van der Waals surface area contributed by atoms with Crippen molar-refractivity contribution in [1.82, 2.24) is 14.8 Å². The van der Waals surface area contributed by atoms with Crippen LogP contribution in [0, 0.1) is 13.8 Å². The lowest BCUT2D eigenvalue weighted by Crippen LogP contribution is -2.16. The van der Waals surface area contributed by atoms with Crippen molar-refractivity contribution >= 4 is 29.1 Å². The minimum atomic E-state index is -0.266. The van der Waals surface area contributed by atoms with Gasteiger partial charge >= 0.3 is 0 Å². The zero-order valence-corrected chi connectivity index (χ0v) is 16.7. The fourth-order valence-corrected chi connectivity index (χ4v) is 3.83. The third-order valence-corrected chi connectivity index (χ3v) is 5.72. The van der Waals surface area contributed by atoms with Crippen LogP contribution < -0.4 is 0 Å².